The quantitative estimate of drug-likeness (QED) is 0.419. The SMILES string of the molecule is CCCSSCC.CCO.CCO.CCS. The zero-order valence-electron chi connectivity index (χ0n) is 11.4. The Morgan fingerprint density at radius 1 is 0.875 bits per heavy atom. The molecule has 104 valence electrons. The summed E-state index contributed by atoms with van der Waals surface area (Å²) < 4.78 is 0. The second kappa shape index (κ2) is 44.5. The first kappa shape index (κ1) is 25.7. The van der Waals surface area contributed by atoms with Gasteiger partial charge in [-0.25, -0.2) is 0 Å². The average molecular weight is 291 g/mol. The van der Waals surface area contributed by atoms with Crippen LogP contribution in [0.5, 0.6) is 0 Å². The largest absolute Gasteiger partial charge is 0.397 e. The maximum Gasteiger partial charge on any atom is 0.0402 e. The summed E-state index contributed by atoms with van der Waals surface area (Å²) in [4.78, 5) is 0. The lowest BCUT2D eigenvalue weighted by Crippen LogP contribution is -1.67. The van der Waals surface area contributed by atoms with E-state index in [1.165, 1.54) is 17.9 Å². The first-order valence-corrected chi connectivity index (χ1v) is 8.85. The minimum Gasteiger partial charge on any atom is -0.397 e. The zero-order valence-corrected chi connectivity index (χ0v) is 13.9. The van der Waals surface area contributed by atoms with Crippen molar-refractivity contribution in [2.45, 2.75) is 41.0 Å². The van der Waals surface area contributed by atoms with Crippen molar-refractivity contribution in [2.24, 2.45) is 0 Å². The van der Waals surface area contributed by atoms with Crippen molar-refractivity contribution < 1.29 is 10.2 Å². The molecule has 5 heteroatoms. The molecular weight excluding hydrogens is 260 g/mol. The second-order valence-corrected chi connectivity index (χ2v) is 5.68. The van der Waals surface area contributed by atoms with Gasteiger partial charge in [-0.05, 0) is 26.0 Å². The minimum absolute atomic E-state index is 0.250. The molecule has 0 aliphatic heterocycles. The number of rotatable bonds is 4. The lowest BCUT2D eigenvalue weighted by molar-refractivity contribution is 0.318. The van der Waals surface area contributed by atoms with Gasteiger partial charge in [0.15, 0.2) is 0 Å². The summed E-state index contributed by atoms with van der Waals surface area (Å²) in [7, 11) is 3.92. The van der Waals surface area contributed by atoms with E-state index < -0.39 is 0 Å². The van der Waals surface area contributed by atoms with Crippen LogP contribution in [0.15, 0.2) is 0 Å². The summed E-state index contributed by atoms with van der Waals surface area (Å²) in [5, 5.41) is 15.1. The zero-order chi connectivity index (χ0) is 13.7. The molecule has 0 bridgehead atoms. The van der Waals surface area contributed by atoms with Gasteiger partial charge in [0.1, 0.15) is 0 Å². The molecule has 0 saturated heterocycles. The molecule has 0 fully saturated rings. The highest BCUT2D eigenvalue weighted by molar-refractivity contribution is 8.76. The van der Waals surface area contributed by atoms with E-state index in [4.69, 9.17) is 10.2 Å². The lowest BCUT2D eigenvalue weighted by Gasteiger charge is -1.90. The van der Waals surface area contributed by atoms with E-state index in [9.17, 15) is 0 Å². The van der Waals surface area contributed by atoms with Crippen LogP contribution in [0.3, 0.4) is 0 Å². The molecule has 0 unspecified atom stereocenters. The molecule has 0 rings (SSSR count). The van der Waals surface area contributed by atoms with Crippen LogP contribution in [0.25, 0.3) is 0 Å². The van der Waals surface area contributed by atoms with Crippen LogP contribution in [-0.4, -0.2) is 40.7 Å². The molecule has 0 aromatic rings. The summed E-state index contributed by atoms with van der Waals surface area (Å²) in [6, 6.07) is 0. The van der Waals surface area contributed by atoms with Gasteiger partial charge in [-0.3, -0.25) is 0 Å². The van der Waals surface area contributed by atoms with E-state index in [2.05, 4.69) is 26.5 Å². The van der Waals surface area contributed by atoms with Crippen molar-refractivity contribution in [3.8, 4) is 0 Å². The van der Waals surface area contributed by atoms with E-state index in [1.54, 1.807) is 13.8 Å². The highest BCUT2D eigenvalue weighted by atomic mass is 33.1. The number of hydrogen-bond acceptors (Lipinski definition) is 5. The predicted molar refractivity (Wildman–Crippen MR) is 85.9 cm³/mol. The third kappa shape index (κ3) is 118. The van der Waals surface area contributed by atoms with Gasteiger partial charge in [-0.1, -0.05) is 42.4 Å². The van der Waals surface area contributed by atoms with Crippen molar-refractivity contribution in [3.63, 3.8) is 0 Å². The molecule has 0 spiro atoms. The van der Waals surface area contributed by atoms with Gasteiger partial charge in [0, 0.05) is 24.7 Å². The van der Waals surface area contributed by atoms with E-state index >= 15 is 0 Å². The van der Waals surface area contributed by atoms with Crippen LogP contribution >= 0.6 is 34.2 Å². The van der Waals surface area contributed by atoms with E-state index in [0.29, 0.717) is 0 Å². The van der Waals surface area contributed by atoms with Gasteiger partial charge in [-0.15, -0.1) is 0 Å². The molecule has 0 atom stereocenters. The molecule has 0 aliphatic carbocycles. The first-order valence-electron chi connectivity index (χ1n) is 5.73. The van der Waals surface area contributed by atoms with Gasteiger partial charge >= 0.3 is 0 Å². The Morgan fingerprint density at radius 2 is 1.19 bits per heavy atom. The molecule has 16 heavy (non-hydrogen) atoms. The number of thiol groups is 1. The van der Waals surface area contributed by atoms with Crippen LogP contribution in [-0.2, 0) is 0 Å². The van der Waals surface area contributed by atoms with Crippen molar-refractivity contribution in [1.82, 2.24) is 0 Å². The summed E-state index contributed by atoms with van der Waals surface area (Å²) in [5.74, 6) is 3.49. The van der Waals surface area contributed by atoms with Crippen LogP contribution in [0, 0.1) is 0 Å². The number of hydrogen-bond donors (Lipinski definition) is 3. The number of aliphatic hydroxyl groups excluding tert-OH is 2. The highest BCUT2D eigenvalue weighted by Gasteiger charge is 1.80. The van der Waals surface area contributed by atoms with Crippen molar-refractivity contribution >= 4 is 34.2 Å². The minimum atomic E-state index is 0.250. The molecule has 0 saturated carbocycles. The van der Waals surface area contributed by atoms with Gasteiger partial charge in [-0.2, -0.15) is 12.6 Å². The predicted octanol–water partition coefficient (Wildman–Crippen LogP) is 3.73. The standard InChI is InChI=1S/C5H12S2.2C2H6O.C2H6S/c1-3-5-7-6-4-2;3*1-2-3/h3-5H2,1-2H3;3*3H,2H2,1H3. The molecular formula is C11H30O2S3. The molecule has 0 aliphatic rings. The van der Waals surface area contributed by atoms with Gasteiger partial charge < -0.3 is 10.2 Å². The molecule has 0 aromatic heterocycles. The van der Waals surface area contributed by atoms with Crippen LogP contribution in [0.4, 0.5) is 0 Å². The summed E-state index contributed by atoms with van der Waals surface area (Å²) in [5.41, 5.74) is 0. The normalized spacial score (nSPS) is 7.50. The van der Waals surface area contributed by atoms with Gasteiger partial charge in [0.05, 0.1) is 0 Å². The van der Waals surface area contributed by atoms with E-state index in [1.807, 2.05) is 28.5 Å². The monoisotopic (exact) mass is 290 g/mol. The van der Waals surface area contributed by atoms with Crippen molar-refractivity contribution in [1.29, 1.82) is 0 Å². The molecule has 0 amide bonds. The fourth-order valence-corrected chi connectivity index (χ4v) is 2.03. The molecule has 0 heterocycles. The summed E-state index contributed by atoms with van der Waals surface area (Å²) in [6.45, 7) is 10.2. The molecule has 2 N–H and O–H groups in total. The third-order valence-electron chi connectivity index (χ3n) is 0.489. The van der Waals surface area contributed by atoms with Crippen LogP contribution in [0.2, 0.25) is 0 Å². The fourth-order valence-electron chi connectivity index (χ4n) is 0.226. The second-order valence-electron chi connectivity index (χ2n) is 2.18. The Labute approximate surface area is 116 Å². The highest BCUT2D eigenvalue weighted by Crippen LogP contribution is 2.20. The van der Waals surface area contributed by atoms with Crippen molar-refractivity contribution in [3.05, 3.63) is 0 Å². The van der Waals surface area contributed by atoms with Crippen LogP contribution < -0.4 is 0 Å². The fraction of sp³-hybridized carbons (Fsp3) is 1.00. The lowest BCUT2D eigenvalue weighted by atomic mass is 10.6. The maximum absolute atomic E-state index is 7.57. The Balaban J connectivity index is -0.0000000677. The summed E-state index contributed by atoms with van der Waals surface area (Å²) >= 11 is 3.79. The summed E-state index contributed by atoms with van der Waals surface area (Å²) in [6.07, 6.45) is 1.30. The topological polar surface area (TPSA) is 40.5 Å². The van der Waals surface area contributed by atoms with Gasteiger partial charge in [0.25, 0.3) is 0 Å². The average Bonchev–Trinajstić information content (AvgIpc) is 2.22. The molecule has 0 aromatic carbocycles. The third-order valence-corrected chi connectivity index (χ3v) is 3.17. The number of aliphatic hydroxyl groups is 2. The van der Waals surface area contributed by atoms with E-state index in [0.717, 1.165) is 5.75 Å². The Morgan fingerprint density at radius 3 is 1.38 bits per heavy atom. The van der Waals surface area contributed by atoms with Crippen molar-refractivity contribution in [2.75, 3.05) is 30.5 Å². The van der Waals surface area contributed by atoms with Gasteiger partial charge in [0.2, 0.25) is 0 Å². The van der Waals surface area contributed by atoms with Crippen LogP contribution in [0.1, 0.15) is 41.0 Å². The molecule has 2 nitrogen and oxygen atoms in total. The smallest absolute Gasteiger partial charge is 0.0402 e. The Bertz CT molecular complexity index is 58.4. The van der Waals surface area contributed by atoms with E-state index in [-0.39, 0.29) is 13.2 Å². The maximum atomic E-state index is 7.57. The first-order chi connectivity index (χ1) is 7.66. The Hall–Kier alpha value is 0.970. The Kier molecular flexibility index (Phi) is 71.5. The molecule has 0 radical (unpaired) electrons.